The van der Waals surface area contributed by atoms with Gasteiger partial charge < -0.3 is 28.3 Å². The lowest BCUT2D eigenvalue weighted by atomic mass is 9.79. The molecule has 0 unspecified atom stereocenters. The Morgan fingerprint density at radius 2 is 0.566 bits per heavy atom. The van der Waals surface area contributed by atoms with E-state index in [1.54, 1.807) is 84.9 Å². The van der Waals surface area contributed by atoms with Gasteiger partial charge in [-0.3, -0.25) is 0 Å². The lowest BCUT2D eigenvalue weighted by molar-refractivity contribution is 0.00578. The lowest BCUT2D eigenvalue weighted by Crippen LogP contribution is -2.41. The third-order valence-corrected chi connectivity index (χ3v) is 21.9. The summed E-state index contributed by atoms with van der Waals surface area (Å²) in [5, 5.41) is 26.7. The second-order valence-electron chi connectivity index (χ2n) is 29.9. The Kier molecular flexibility index (Phi) is 34.8. The molecular weight excluding hydrogens is 1700 g/mol. The molecule has 13 nitrogen and oxygen atoms in total. The van der Waals surface area contributed by atoms with Crippen LogP contribution in [0.25, 0.3) is 22.3 Å². The predicted octanol–water partition coefficient (Wildman–Crippen LogP) is 25.5. The van der Waals surface area contributed by atoms with Gasteiger partial charge in [0.1, 0.15) is 69.5 Å². The van der Waals surface area contributed by atoms with Crippen LogP contribution in [0.1, 0.15) is 205 Å². The Balaban J connectivity index is 0.000000235. The molecule has 0 saturated carbocycles. The molecular formula is C98H88BBr2F8N3O10. The highest BCUT2D eigenvalue weighted by Crippen LogP contribution is 2.37. The third kappa shape index (κ3) is 26.8. The smallest absolute Gasteiger partial charge is 0.423 e. The highest BCUT2D eigenvalue weighted by atomic mass is 79.9. The maximum atomic E-state index is 14.9. The van der Waals surface area contributed by atoms with Crippen molar-refractivity contribution in [3.8, 4) is 63.5 Å². The van der Waals surface area contributed by atoms with E-state index in [2.05, 4.69) is 37.9 Å². The molecule has 0 spiro atoms. The number of aryl methyl sites for hydroxylation is 4. The minimum atomic E-state index is -0.929. The van der Waals surface area contributed by atoms with E-state index in [-0.39, 0.29) is 91.1 Å². The summed E-state index contributed by atoms with van der Waals surface area (Å²) >= 11 is 6.05. The van der Waals surface area contributed by atoms with Gasteiger partial charge in [0.15, 0.2) is 0 Å². The predicted molar refractivity (Wildman–Crippen MR) is 460 cm³/mol. The largest absolute Gasteiger partial charge is 0.494 e. The van der Waals surface area contributed by atoms with Crippen molar-refractivity contribution in [2.24, 2.45) is 0 Å². The summed E-state index contributed by atoms with van der Waals surface area (Å²) in [6.45, 7) is 8.10. The molecule has 0 aromatic heterocycles. The number of rotatable bonds is 31. The number of hydrogen-bond acceptors (Lipinski definition) is 13. The first-order chi connectivity index (χ1) is 58.1. The summed E-state index contributed by atoms with van der Waals surface area (Å²) in [6.07, 6.45) is 16.1. The highest BCUT2D eigenvalue weighted by molar-refractivity contribution is 9.10. The van der Waals surface area contributed by atoms with Crippen molar-refractivity contribution < 1.29 is 82.6 Å². The standard InChI is InChI=1S/C49H38F4N2O4.C35H30Br2F4O4.C13H16BNO2.CH4/c50-44-26-32(14-22-42(44)48(56)58-38-20-24-40(46(52)28-38)36-16-10-34(30-54)11-17-36)8-6-4-2-1-3-5-7-9-33-15-23-43(45(51)27-33)49(57)59-39-21-25-41(47(53)29-39)37-18-12-35(31-55)13-19-37;36-28-16-12-24(20-32(28)40)44-34(42)26-14-10-22(18-30(26)38)8-6-4-2-1-3-5-7-9-23-11-15-27(31(39)19-23)35(43)45-25-13-17-29(37)33(41)21-25;1-12(2)13(3,4)17-14(16-12)11-7-5-10(9-15)6-8-11;/h10-29H,1-9H2;10-21H,1-9H2;5-8H,1-4H3;1H4. The minimum Gasteiger partial charge on any atom is -0.423 e. The van der Waals surface area contributed by atoms with Gasteiger partial charge in [-0.1, -0.05) is 132 Å². The third-order valence-electron chi connectivity index (χ3n) is 20.6. The number of benzene rings is 11. The van der Waals surface area contributed by atoms with Crippen LogP contribution in [-0.2, 0) is 35.0 Å². The lowest BCUT2D eigenvalue weighted by Gasteiger charge is -2.32. The Labute approximate surface area is 722 Å². The number of carbonyl (C=O) groups is 4. The molecule has 1 heterocycles. The highest BCUT2D eigenvalue weighted by Gasteiger charge is 2.51. The number of unbranched alkanes of at least 4 members (excludes halogenated alkanes) is 12. The van der Waals surface area contributed by atoms with Crippen LogP contribution < -0.4 is 24.4 Å². The maximum Gasteiger partial charge on any atom is 0.494 e. The Morgan fingerprint density at radius 3 is 0.811 bits per heavy atom. The zero-order chi connectivity index (χ0) is 86.8. The van der Waals surface area contributed by atoms with Gasteiger partial charge >= 0.3 is 31.0 Å². The number of ether oxygens (including phenoxy) is 4. The quantitative estimate of drug-likeness (QED) is 0.0131. The molecule has 122 heavy (non-hydrogen) atoms. The van der Waals surface area contributed by atoms with Crippen LogP contribution in [0, 0.1) is 80.5 Å². The van der Waals surface area contributed by atoms with Gasteiger partial charge in [-0.2, -0.15) is 15.8 Å². The SMILES string of the molecule is C.CC1(C)OB(c2ccc(C#N)cc2)OC1(C)C.N#Cc1ccc(-c2ccc(OC(=O)c3ccc(CCCCCCCCCc4ccc(C(=O)Oc5ccc(-c6ccc(C#N)cc6)c(F)c5)c(F)c4)cc3F)cc2F)cc1.O=C(Oc1ccc(Br)c(F)c1)c1ccc(CCCCCCCCCc2ccc(C(=O)Oc3ccc(Br)c(F)c3)c(F)c2)cc1F. The van der Waals surface area contributed by atoms with Gasteiger partial charge in [0.25, 0.3) is 0 Å². The van der Waals surface area contributed by atoms with Crippen LogP contribution in [0.2, 0.25) is 0 Å². The Morgan fingerprint density at radius 1 is 0.320 bits per heavy atom. The van der Waals surface area contributed by atoms with Gasteiger partial charge in [-0.15, -0.1) is 0 Å². The fraction of sp³-hybridized carbons (Fsp3) is 0.255. The molecule has 12 rings (SSSR count). The first kappa shape index (κ1) is 94.0. The van der Waals surface area contributed by atoms with E-state index in [0.29, 0.717) is 53.5 Å². The van der Waals surface area contributed by atoms with Gasteiger partial charge in [-0.25, -0.2) is 54.3 Å². The molecule has 0 bridgehead atoms. The fourth-order valence-corrected chi connectivity index (χ4v) is 13.6. The van der Waals surface area contributed by atoms with E-state index < -0.39 is 70.4 Å². The maximum absolute atomic E-state index is 14.9. The zero-order valence-electron chi connectivity index (χ0n) is 66.8. The average Bonchev–Trinajstić information content (AvgIpc) is 1.62. The van der Waals surface area contributed by atoms with E-state index in [1.165, 1.54) is 97.1 Å². The van der Waals surface area contributed by atoms with E-state index in [9.17, 15) is 54.3 Å². The molecule has 1 fully saturated rings. The minimum absolute atomic E-state index is 0. The Bertz CT molecular complexity index is 5330. The number of carbonyl (C=O) groups excluding carboxylic acids is 4. The van der Waals surface area contributed by atoms with Crippen molar-refractivity contribution in [3.63, 3.8) is 0 Å². The molecule has 0 radical (unpaired) electrons. The van der Waals surface area contributed by atoms with E-state index in [1.807, 2.05) is 52.0 Å². The number of halogens is 10. The molecule has 11 aromatic carbocycles. The molecule has 1 aliphatic rings. The summed E-state index contributed by atoms with van der Waals surface area (Å²) in [5.74, 6) is -8.98. The van der Waals surface area contributed by atoms with Crippen LogP contribution in [0.5, 0.6) is 23.0 Å². The molecule has 0 amide bonds. The van der Waals surface area contributed by atoms with Crippen LogP contribution in [0.3, 0.4) is 0 Å². The molecule has 11 aromatic rings. The van der Waals surface area contributed by atoms with Crippen molar-refractivity contribution in [2.75, 3.05) is 0 Å². The number of nitrogens with zero attached hydrogens (tertiary/aromatic N) is 3. The van der Waals surface area contributed by atoms with Crippen LogP contribution in [-0.4, -0.2) is 42.2 Å². The van der Waals surface area contributed by atoms with Gasteiger partial charge in [0.2, 0.25) is 0 Å². The molecule has 0 atom stereocenters. The summed E-state index contributed by atoms with van der Waals surface area (Å²) < 4.78 is 149. The number of hydrogen-bond donors (Lipinski definition) is 0. The van der Waals surface area contributed by atoms with Crippen LogP contribution in [0.4, 0.5) is 35.1 Å². The van der Waals surface area contributed by atoms with Crippen molar-refractivity contribution in [3.05, 3.63) is 335 Å². The Hall–Kier alpha value is -11.8. The molecule has 1 saturated heterocycles. The molecule has 0 aliphatic carbocycles. The second kappa shape index (κ2) is 45.2. The molecule has 24 heteroatoms. The van der Waals surface area contributed by atoms with Gasteiger partial charge in [0.05, 0.1) is 77.3 Å². The van der Waals surface area contributed by atoms with Crippen LogP contribution >= 0.6 is 31.9 Å². The fourth-order valence-electron chi connectivity index (χ4n) is 13.1. The van der Waals surface area contributed by atoms with Crippen molar-refractivity contribution in [1.82, 2.24) is 0 Å². The van der Waals surface area contributed by atoms with E-state index in [4.69, 9.17) is 44.0 Å². The first-order valence-electron chi connectivity index (χ1n) is 39.5. The summed E-state index contributed by atoms with van der Waals surface area (Å²) in [5.41, 5.74) is 5.66. The van der Waals surface area contributed by atoms with Crippen molar-refractivity contribution in [2.45, 2.75) is 162 Å². The molecule has 1 aliphatic heterocycles. The second-order valence-corrected chi connectivity index (χ2v) is 31.6. The first-order valence-corrected chi connectivity index (χ1v) is 41.0. The number of nitriles is 3. The van der Waals surface area contributed by atoms with Crippen molar-refractivity contribution in [1.29, 1.82) is 15.8 Å². The van der Waals surface area contributed by atoms with E-state index >= 15 is 0 Å². The summed E-state index contributed by atoms with van der Waals surface area (Å²) in [6, 6.07) is 59.5. The molecule has 0 N–H and O–H groups in total. The average molecular weight is 1790 g/mol. The van der Waals surface area contributed by atoms with Crippen LogP contribution in [0.15, 0.2) is 227 Å². The molecule has 628 valence electrons. The number of esters is 4. The zero-order valence-corrected chi connectivity index (χ0v) is 70.0. The van der Waals surface area contributed by atoms with Crippen molar-refractivity contribution >= 4 is 68.3 Å². The summed E-state index contributed by atoms with van der Waals surface area (Å²) in [7, 11) is -0.354. The van der Waals surface area contributed by atoms with Gasteiger partial charge in [0, 0.05) is 35.4 Å². The van der Waals surface area contributed by atoms with E-state index in [0.717, 1.165) is 142 Å². The summed E-state index contributed by atoms with van der Waals surface area (Å²) in [4.78, 5) is 50.0. The van der Waals surface area contributed by atoms with Gasteiger partial charge in [-0.05, 0) is 283 Å². The topological polar surface area (TPSA) is 195 Å². The monoisotopic (exact) mass is 1790 g/mol. The normalized spacial score (nSPS) is 12.2.